The van der Waals surface area contributed by atoms with Gasteiger partial charge in [0.1, 0.15) is 0 Å². The number of anilines is 1. The highest BCUT2D eigenvalue weighted by Gasteiger charge is 2.24. The maximum absolute atomic E-state index is 12.5. The normalized spacial score (nSPS) is 18.0. The molecule has 2 amide bonds. The molecular formula is C23H32N4O5. The van der Waals surface area contributed by atoms with E-state index in [1.807, 2.05) is 17.0 Å². The van der Waals surface area contributed by atoms with E-state index in [1.54, 1.807) is 25.1 Å². The van der Waals surface area contributed by atoms with Crippen LogP contribution < -0.4 is 5.32 Å². The molecule has 0 radical (unpaired) electrons. The average molecular weight is 445 g/mol. The van der Waals surface area contributed by atoms with Crippen molar-refractivity contribution in [2.75, 3.05) is 77.5 Å². The van der Waals surface area contributed by atoms with Crippen molar-refractivity contribution in [3.63, 3.8) is 0 Å². The monoisotopic (exact) mass is 444 g/mol. The van der Waals surface area contributed by atoms with Gasteiger partial charge in [-0.25, -0.2) is 4.79 Å². The van der Waals surface area contributed by atoms with Gasteiger partial charge in [-0.1, -0.05) is 12.1 Å². The van der Waals surface area contributed by atoms with Crippen molar-refractivity contribution in [3.8, 4) is 0 Å². The number of amides is 2. The van der Waals surface area contributed by atoms with E-state index in [-0.39, 0.29) is 24.3 Å². The molecule has 1 N–H and O–H groups in total. The summed E-state index contributed by atoms with van der Waals surface area (Å²) in [6.07, 6.45) is 3.05. The Bertz CT molecular complexity index is 797. The molecule has 9 heteroatoms. The molecule has 2 fully saturated rings. The minimum atomic E-state index is -0.382. The summed E-state index contributed by atoms with van der Waals surface area (Å²) in [5.74, 6) is -0.325. The highest BCUT2D eigenvalue weighted by molar-refractivity contribution is 5.92. The van der Waals surface area contributed by atoms with E-state index in [4.69, 9.17) is 9.47 Å². The van der Waals surface area contributed by atoms with Crippen LogP contribution in [0.2, 0.25) is 0 Å². The fraction of sp³-hybridized carbons (Fsp3) is 0.522. The van der Waals surface area contributed by atoms with Gasteiger partial charge in [-0.15, -0.1) is 0 Å². The molecule has 32 heavy (non-hydrogen) atoms. The lowest BCUT2D eigenvalue weighted by Crippen LogP contribution is -2.53. The Morgan fingerprint density at radius 1 is 0.969 bits per heavy atom. The Morgan fingerprint density at radius 2 is 1.62 bits per heavy atom. The molecule has 0 aromatic heterocycles. The molecule has 9 nitrogen and oxygen atoms in total. The Hall–Kier alpha value is -2.75. The minimum absolute atomic E-state index is 0.0899. The lowest BCUT2D eigenvalue weighted by Gasteiger charge is -2.36. The van der Waals surface area contributed by atoms with Crippen molar-refractivity contribution in [2.45, 2.75) is 6.92 Å². The molecule has 2 aliphatic rings. The predicted molar refractivity (Wildman–Crippen MR) is 121 cm³/mol. The average Bonchev–Trinajstić information content (AvgIpc) is 2.80. The van der Waals surface area contributed by atoms with Gasteiger partial charge in [0.25, 0.3) is 0 Å². The maximum atomic E-state index is 12.5. The summed E-state index contributed by atoms with van der Waals surface area (Å²) >= 11 is 0. The molecule has 0 bridgehead atoms. The van der Waals surface area contributed by atoms with Gasteiger partial charge in [-0.3, -0.25) is 19.4 Å². The third kappa shape index (κ3) is 7.74. The largest absolute Gasteiger partial charge is 0.463 e. The van der Waals surface area contributed by atoms with E-state index in [9.17, 15) is 14.4 Å². The first-order valence-electron chi connectivity index (χ1n) is 11.1. The Balaban J connectivity index is 1.37. The van der Waals surface area contributed by atoms with Gasteiger partial charge in [0.15, 0.2) is 0 Å². The summed E-state index contributed by atoms with van der Waals surface area (Å²) in [5.41, 5.74) is 1.54. The first-order chi connectivity index (χ1) is 15.5. The molecule has 0 unspecified atom stereocenters. The van der Waals surface area contributed by atoms with Crippen molar-refractivity contribution >= 4 is 29.5 Å². The predicted octanol–water partition coefficient (Wildman–Crippen LogP) is 0.678. The van der Waals surface area contributed by atoms with Gasteiger partial charge in [-0.2, -0.15) is 0 Å². The summed E-state index contributed by atoms with van der Waals surface area (Å²) in [6, 6.07) is 7.24. The second-order valence-electron chi connectivity index (χ2n) is 7.80. The second-order valence-corrected chi connectivity index (χ2v) is 7.80. The Morgan fingerprint density at radius 3 is 2.28 bits per heavy atom. The van der Waals surface area contributed by atoms with Crippen LogP contribution in [0.5, 0.6) is 0 Å². The molecule has 0 spiro atoms. The second kappa shape index (κ2) is 12.3. The number of carbonyl (C=O) groups excluding carboxylic acids is 3. The van der Waals surface area contributed by atoms with Crippen LogP contribution in [-0.4, -0.2) is 105 Å². The zero-order chi connectivity index (χ0) is 22.8. The molecular weight excluding hydrogens is 412 g/mol. The number of nitrogens with zero attached hydrogens (tertiary/aromatic N) is 3. The van der Waals surface area contributed by atoms with Crippen LogP contribution in [0, 0.1) is 0 Å². The number of morpholine rings is 1. The van der Waals surface area contributed by atoms with Crippen molar-refractivity contribution in [1.29, 1.82) is 0 Å². The number of ether oxygens (including phenoxy) is 2. The highest BCUT2D eigenvalue weighted by Crippen LogP contribution is 2.12. The summed E-state index contributed by atoms with van der Waals surface area (Å²) < 4.78 is 10.2. The third-order valence-electron chi connectivity index (χ3n) is 5.45. The van der Waals surface area contributed by atoms with E-state index in [0.29, 0.717) is 58.2 Å². The van der Waals surface area contributed by atoms with E-state index in [2.05, 4.69) is 15.1 Å². The first-order valence-corrected chi connectivity index (χ1v) is 11.1. The van der Waals surface area contributed by atoms with Crippen LogP contribution in [0.4, 0.5) is 5.69 Å². The minimum Gasteiger partial charge on any atom is -0.463 e. The molecule has 2 saturated heterocycles. The molecule has 2 aliphatic heterocycles. The topological polar surface area (TPSA) is 91.4 Å². The molecule has 1 aromatic rings. The molecule has 0 atom stereocenters. The number of esters is 1. The van der Waals surface area contributed by atoms with Crippen molar-refractivity contribution in [3.05, 3.63) is 35.9 Å². The fourth-order valence-corrected chi connectivity index (χ4v) is 3.64. The van der Waals surface area contributed by atoms with E-state index >= 15 is 0 Å². The molecule has 0 aliphatic carbocycles. The van der Waals surface area contributed by atoms with E-state index < -0.39 is 0 Å². The van der Waals surface area contributed by atoms with Gasteiger partial charge < -0.3 is 19.7 Å². The number of piperazine rings is 1. The third-order valence-corrected chi connectivity index (χ3v) is 5.45. The van der Waals surface area contributed by atoms with Crippen molar-refractivity contribution in [2.24, 2.45) is 0 Å². The van der Waals surface area contributed by atoms with E-state index in [1.165, 1.54) is 6.08 Å². The number of carbonyl (C=O) groups is 3. The summed E-state index contributed by atoms with van der Waals surface area (Å²) in [6.45, 7) is 8.43. The van der Waals surface area contributed by atoms with Gasteiger partial charge in [0.05, 0.1) is 32.9 Å². The SMILES string of the molecule is CCOC(=O)/C=C/c1ccc(NC(=O)CN2CCN(C(=O)CN3CCOCC3)CC2)cc1. The molecule has 0 saturated carbocycles. The number of nitrogens with one attached hydrogen (secondary N) is 1. The first kappa shape index (κ1) is 23.9. The quantitative estimate of drug-likeness (QED) is 0.466. The molecule has 174 valence electrons. The van der Waals surface area contributed by atoms with Gasteiger partial charge in [0.2, 0.25) is 11.8 Å². The zero-order valence-electron chi connectivity index (χ0n) is 18.6. The molecule has 1 aromatic carbocycles. The van der Waals surface area contributed by atoms with Crippen molar-refractivity contribution in [1.82, 2.24) is 14.7 Å². The van der Waals surface area contributed by atoms with Crippen LogP contribution >= 0.6 is 0 Å². The lowest BCUT2D eigenvalue weighted by molar-refractivity contribution is -0.137. The lowest BCUT2D eigenvalue weighted by atomic mass is 10.2. The summed E-state index contributed by atoms with van der Waals surface area (Å²) in [7, 11) is 0. The number of rotatable bonds is 8. The van der Waals surface area contributed by atoms with Gasteiger partial charge >= 0.3 is 5.97 Å². The van der Waals surface area contributed by atoms with Crippen LogP contribution in [-0.2, 0) is 23.9 Å². The Labute approximate surface area is 188 Å². The van der Waals surface area contributed by atoms with Gasteiger partial charge in [-0.05, 0) is 30.7 Å². The Kier molecular flexibility index (Phi) is 9.21. The maximum Gasteiger partial charge on any atom is 0.330 e. The van der Waals surface area contributed by atoms with Crippen molar-refractivity contribution < 1.29 is 23.9 Å². The van der Waals surface area contributed by atoms with Gasteiger partial charge in [0, 0.05) is 51.0 Å². The summed E-state index contributed by atoms with van der Waals surface area (Å²) in [5, 5.41) is 2.89. The smallest absolute Gasteiger partial charge is 0.330 e. The standard InChI is InChI=1S/C23H32N4O5/c1-2-32-23(30)8-5-19-3-6-20(7-4-19)24-21(28)17-25-9-11-27(12-10-25)22(29)18-26-13-15-31-16-14-26/h3-8H,2,9-18H2,1H3,(H,24,28)/b8-5+. The summed E-state index contributed by atoms with van der Waals surface area (Å²) in [4.78, 5) is 42.3. The fourth-order valence-electron chi connectivity index (χ4n) is 3.64. The highest BCUT2D eigenvalue weighted by atomic mass is 16.5. The number of hydrogen-bond acceptors (Lipinski definition) is 7. The van der Waals surface area contributed by atoms with Crippen LogP contribution in [0.3, 0.4) is 0 Å². The molecule has 3 rings (SSSR count). The van der Waals surface area contributed by atoms with E-state index in [0.717, 1.165) is 18.7 Å². The number of hydrogen-bond donors (Lipinski definition) is 1. The zero-order valence-corrected chi connectivity index (χ0v) is 18.6. The van der Waals surface area contributed by atoms with Crippen LogP contribution in [0.15, 0.2) is 30.3 Å². The van der Waals surface area contributed by atoms with Crippen LogP contribution in [0.25, 0.3) is 6.08 Å². The molecule has 2 heterocycles. The number of benzene rings is 1. The van der Waals surface area contributed by atoms with Crippen LogP contribution in [0.1, 0.15) is 12.5 Å².